The van der Waals surface area contributed by atoms with Gasteiger partial charge in [-0.25, -0.2) is 9.97 Å². The van der Waals surface area contributed by atoms with Crippen molar-refractivity contribution in [1.82, 2.24) is 19.9 Å². The second-order valence-corrected chi connectivity index (χ2v) is 3.06. The molecule has 0 saturated heterocycles. The molecule has 0 saturated carbocycles. The first kappa shape index (κ1) is 7.32. The second-order valence-electron chi connectivity index (χ2n) is 3.06. The number of aromatic amines is 2. The van der Waals surface area contributed by atoms with Gasteiger partial charge in [-0.3, -0.25) is 0 Å². The Balaban J connectivity index is 2.36. The van der Waals surface area contributed by atoms with Gasteiger partial charge < -0.3 is 9.97 Å². The van der Waals surface area contributed by atoms with Gasteiger partial charge in [0.1, 0.15) is 5.65 Å². The standard InChI is InChI=1S/C10H8N4/c1-3-12-10-8(2-4-13-10)7(1)9-5-11-6-14-9/h1-6H,(H,11,14)(H,12,13). The lowest BCUT2D eigenvalue weighted by Gasteiger charge is -1.98. The fourth-order valence-corrected chi connectivity index (χ4v) is 1.60. The number of nitrogens with zero attached hydrogens (tertiary/aromatic N) is 2. The largest absolute Gasteiger partial charge is 0.346 e. The summed E-state index contributed by atoms with van der Waals surface area (Å²) >= 11 is 0. The molecule has 0 aliphatic rings. The highest BCUT2D eigenvalue weighted by molar-refractivity contribution is 5.91. The van der Waals surface area contributed by atoms with Crippen LogP contribution in [0, 0.1) is 0 Å². The molecule has 3 aromatic rings. The topological polar surface area (TPSA) is 57.4 Å². The molecule has 3 heterocycles. The van der Waals surface area contributed by atoms with Crippen molar-refractivity contribution in [1.29, 1.82) is 0 Å². The van der Waals surface area contributed by atoms with Crippen molar-refractivity contribution >= 4 is 11.0 Å². The summed E-state index contributed by atoms with van der Waals surface area (Å²) in [6, 6.07) is 3.99. The Morgan fingerprint density at radius 3 is 3.00 bits per heavy atom. The van der Waals surface area contributed by atoms with Crippen LogP contribution in [0.3, 0.4) is 0 Å². The maximum Gasteiger partial charge on any atom is 0.137 e. The molecular formula is C10H8N4. The Morgan fingerprint density at radius 1 is 1.14 bits per heavy atom. The van der Waals surface area contributed by atoms with Gasteiger partial charge in [0.05, 0.1) is 18.2 Å². The Hall–Kier alpha value is -2.10. The van der Waals surface area contributed by atoms with Crippen LogP contribution >= 0.6 is 0 Å². The smallest absolute Gasteiger partial charge is 0.137 e. The molecule has 0 atom stereocenters. The van der Waals surface area contributed by atoms with E-state index in [4.69, 9.17) is 0 Å². The number of fused-ring (bicyclic) bond motifs is 1. The van der Waals surface area contributed by atoms with Gasteiger partial charge in [0.2, 0.25) is 0 Å². The first-order chi connectivity index (χ1) is 6.95. The molecule has 14 heavy (non-hydrogen) atoms. The number of aromatic nitrogens is 4. The Morgan fingerprint density at radius 2 is 2.14 bits per heavy atom. The molecule has 3 aromatic heterocycles. The van der Waals surface area contributed by atoms with Gasteiger partial charge in [-0.15, -0.1) is 0 Å². The van der Waals surface area contributed by atoms with Crippen LogP contribution in [0.1, 0.15) is 0 Å². The summed E-state index contributed by atoms with van der Waals surface area (Å²) in [5.41, 5.74) is 3.03. The third kappa shape index (κ3) is 0.939. The van der Waals surface area contributed by atoms with Crippen LogP contribution in [-0.2, 0) is 0 Å². The summed E-state index contributed by atoms with van der Waals surface area (Å²) in [5.74, 6) is 0. The van der Waals surface area contributed by atoms with Gasteiger partial charge in [0.25, 0.3) is 0 Å². The van der Waals surface area contributed by atoms with Crippen molar-refractivity contribution in [2.24, 2.45) is 0 Å². The Bertz CT molecular complexity index is 550. The van der Waals surface area contributed by atoms with Crippen molar-refractivity contribution < 1.29 is 0 Å². The molecule has 68 valence electrons. The van der Waals surface area contributed by atoms with Gasteiger partial charge in [-0.2, -0.15) is 0 Å². The van der Waals surface area contributed by atoms with E-state index in [0.29, 0.717) is 0 Å². The summed E-state index contributed by atoms with van der Waals surface area (Å²) in [6.45, 7) is 0. The Labute approximate surface area is 80.0 Å². The van der Waals surface area contributed by atoms with E-state index in [2.05, 4.69) is 19.9 Å². The number of H-pyrrole nitrogens is 2. The quantitative estimate of drug-likeness (QED) is 0.607. The fourth-order valence-electron chi connectivity index (χ4n) is 1.60. The average molecular weight is 184 g/mol. The summed E-state index contributed by atoms with van der Waals surface area (Å²) < 4.78 is 0. The summed E-state index contributed by atoms with van der Waals surface area (Å²) in [5, 5.41) is 1.11. The van der Waals surface area contributed by atoms with Crippen LogP contribution in [0.2, 0.25) is 0 Å². The highest BCUT2D eigenvalue weighted by Crippen LogP contribution is 2.24. The predicted molar refractivity (Wildman–Crippen MR) is 53.7 cm³/mol. The molecule has 0 fully saturated rings. The summed E-state index contributed by atoms with van der Waals surface area (Å²) in [4.78, 5) is 14.4. The molecule has 0 amide bonds. The minimum Gasteiger partial charge on any atom is -0.346 e. The number of hydrogen-bond donors (Lipinski definition) is 2. The Kier molecular flexibility index (Phi) is 1.41. The zero-order valence-electron chi connectivity index (χ0n) is 7.36. The molecular weight excluding hydrogens is 176 g/mol. The number of rotatable bonds is 1. The van der Waals surface area contributed by atoms with Gasteiger partial charge in [-0.05, 0) is 12.1 Å². The predicted octanol–water partition coefficient (Wildman–Crippen LogP) is 1.95. The van der Waals surface area contributed by atoms with Crippen molar-refractivity contribution in [2.75, 3.05) is 0 Å². The van der Waals surface area contributed by atoms with Gasteiger partial charge in [-0.1, -0.05) is 0 Å². The minimum absolute atomic E-state index is 0.900. The molecule has 0 aromatic carbocycles. The van der Waals surface area contributed by atoms with Crippen LogP contribution in [0.15, 0.2) is 37.1 Å². The van der Waals surface area contributed by atoms with Crippen LogP contribution in [0.4, 0.5) is 0 Å². The van der Waals surface area contributed by atoms with Crippen molar-refractivity contribution in [3.63, 3.8) is 0 Å². The van der Waals surface area contributed by atoms with Crippen LogP contribution in [0.5, 0.6) is 0 Å². The molecule has 0 unspecified atom stereocenters. The zero-order chi connectivity index (χ0) is 9.38. The van der Waals surface area contributed by atoms with E-state index in [1.807, 2.05) is 24.5 Å². The van der Waals surface area contributed by atoms with E-state index >= 15 is 0 Å². The van der Waals surface area contributed by atoms with E-state index in [1.165, 1.54) is 0 Å². The SMILES string of the molecule is c1cc(-c2cnc[nH]2)c2cc[nH]c2n1. The number of hydrogen-bond acceptors (Lipinski definition) is 2. The normalized spacial score (nSPS) is 10.9. The molecule has 4 heteroatoms. The monoisotopic (exact) mass is 184 g/mol. The molecule has 0 aliphatic heterocycles. The molecule has 4 nitrogen and oxygen atoms in total. The molecule has 0 spiro atoms. The van der Waals surface area contributed by atoms with E-state index in [-0.39, 0.29) is 0 Å². The number of pyridine rings is 1. The van der Waals surface area contributed by atoms with Crippen LogP contribution in [-0.4, -0.2) is 19.9 Å². The first-order valence-corrected chi connectivity index (χ1v) is 4.36. The highest BCUT2D eigenvalue weighted by Gasteiger charge is 2.05. The summed E-state index contributed by atoms with van der Waals surface area (Å²) in [7, 11) is 0. The van der Waals surface area contributed by atoms with Gasteiger partial charge in [0, 0.05) is 23.3 Å². The first-order valence-electron chi connectivity index (χ1n) is 4.36. The van der Waals surface area contributed by atoms with Crippen molar-refractivity contribution in [3.05, 3.63) is 37.1 Å². The zero-order valence-corrected chi connectivity index (χ0v) is 7.36. The van der Waals surface area contributed by atoms with E-state index < -0.39 is 0 Å². The van der Waals surface area contributed by atoms with Crippen molar-refractivity contribution in [3.8, 4) is 11.3 Å². The maximum atomic E-state index is 4.22. The number of nitrogens with one attached hydrogen (secondary N) is 2. The highest BCUT2D eigenvalue weighted by atomic mass is 14.9. The fraction of sp³-hybridized carbons (Fsp3) is 0. The molecule has 0 aliphatic carbocycles. The lowest BCUT2D eigenvalue weighted by molar-refractivity contribution is 1.31. The second kappa shape index (κ2) is 2.70. The van der Waals surface area contributed by atoms with Gasteiger partial charge in [0.15, 0.2) is 0 Å². The molecule has 0 bridgehead atoms. The van der Waals surface area contributed by atoms with Crippen LogP contribution in [0.25, 0.3) is 22.3 Å². The molecule has 3 rings (SSSR count). The molecule has 0 radical (unpaired) electrons. The third-order valence-corrected chi connectivity index (χ3v) is 2.25. The number of imidazole rings is 1. The van der Waals surface area contributed by atoms with E-state index in [9.17, 15) is 0 Å². The van der Waals surface area contributed by atoms with Crippen molar-refractivity contribution in [2.45, 2.75) is 0 Å². The van der Waals surface area contributed by atoms with Gasteiger partial charge >= 0.3 is 0 Å². The lowest BCUT2D eigenvalue weighted by atomic mass is 10.1. The average Bonchev–Trinajstić information content (AvgIpc) is 2.88. The van der Waals surface area contributed by atoms with Crippen LogP contribution < -0.4 is 0 Å². The summed E-state index contributed by atoms with van der Waals surface area (Å²) in [6.07, 6.45) is 7.16. The lowest BCUT2D eigenvalue weighted by Crippen LogP contribution is -1.81. The van der Waals surface area contributed by atoms with E-state index in [0.717, 1.165) is 22.3 Å². The van der Waals surface area contributed by atoms with E-state index in [1.54, 1.807) is 12.5 Å². The molecule has 2 N–H and O–H groups in total. The third-order valence-electron chi connectivity index (χ3n) is 2.25. The minimum atomic E-state index is 0.900. The maximum absolute atomic E-state index is 4.22.